The number of carboxylic acids is 2. The topological polar surface area (TPSA) is 112 Å². The summed E-state index contributed by atoms with van der Waals surface area (Å²) < 4.78 is 38.5. The molecule has 7 nitrogen and oxygen atoms in total. The summed E-state index contributed by atoms with van der Waals surface area (Å²) in [5, 5.41) is 19.5. The van der Waals surface area contributed by atoms with Gasteiger partial charge in [-0.2, -0.15) is 13.2 Å². The highest BCUT2D eigenvalue weighted by Gasteiger charge is 2.36. The summed E-state index contributed by atoms with van der Waals surface area (Å²) in [5.41, 5.74) is -5.12. The van der Waals surface area contributed by atoms with Crippen LogP contribution in [-0.4, -0.2) is 31.8 Å². The van der Waals surface area contributed by atoms with Gasteiger partial charge in [0.1, 0.15) is 11.3 Å². The van der Waals surface area contributed by atoms with Gasteiger partial charge in [-0.15, -0.1) is 0 Å². The Balaban J connectivity index is 3.02. The molecule has 2 rings (SSSR count). The van der Waals surface area contributed by atoms with E-state index >= 15 is 0 Å². The maximum absolute atomic E-state index is 12.8. The van der Waals surface area contributed by atoms with Gasteiger partial charge in [0.15, 0.2) is 11.1 Å². The van der Waals surface area contributed by atoms with Crippen molar-refractivity contribution in [2.24, 2.45) is 0 Å². The fourth-order valence-corrected chi connectivity index (χ4v) is 1.75. The van der Waals surface area contributed by atoms with Crippen LogP contribution < -0.4 is 5.43 Å². The second-order valence-electron chi connectivity index (χ2n) is 3.77. The van der Waals surface area contributed by atoms with Gasteiger partial charge in [-0.1, -0.05) is 0 Å². The molecule has 0 unspecified atom stereocenters. The zero-order chi connectivity index (χ0) is 15.2. The van der Waals surface area contributed by atoms with Crippen molar-refractivity contribution in [2.75, 3.05) is 0 Å². The van der Waals surface area contributed by atoms with E-state index in [0.29, 0.717) is 6.07 Å². The predicted octanol–water partition coefficient (Wildman–Crippen LogP) is 1.04. The highest BCUT2D eigenvalue weighted by Crippen LogP contribution is 2.29. The van der Waals surface area contributed by atoms with Crippen molar-refractivity contribution in [2.45, 2.75) is 6.18 Å². The van der Waals surface area contributed by atoms with E-state index in [0.717, 1.165) is 0 Å². The predicted molar refractivity (Wildman–Crippen MR) is 56.9 cm³/mol. The molecule has 0 spiro atoms. The number of H-pyrrole nitrogens is 1. The van der Waals surface area contributed by atoms with E-state index < -0.39 is 46.0 Å². The number of carboxylic acid groups (broad SMARTS) is 2. The van der Waals surface area contributed by atoms with E-state index in [1.165, 1.54) is 0 Å². The number of hydrogen-bond donors (Lipinski definition) is 3. The van der Waals surface area contributed by atoms with Crippen LogP contribution in [0.4, 0.5) is 13.2 Å². The molecular formula is C10H5F3N2O5. The number of aromatic amines is 1. The maximum atomic E-state index is 12.8. The minimum absolute atomic E-state index is 0.217. The molecule has 0 fully saturated rings. The number of pyridine rings is 1. The molecule has 20 heavy (non-hydrogen) atoms. The number of aromatic nitrogens is 2. The SMILES string of the molecule is O=C(O)c1[nH]n2c(C(F)(F)F)cc(=O)cc2c1C(=O)O. The third kappa shape index (κ3) is 2.00. The number of fused-ring (bicyclic) bond motifs is 1. The fraction of sp³-hybridized carbons (Fsp3) is 0.100. The number of hydrogen-bond acceptors (Lipinski definition) is 3. The number of nitrogens with zero attached hydrogens (tertiary/aromatic N) is 1. The number of rotatable bonds is 2. The van der Waals surface area contributed by atoms with Gasteiger partial charge in [0.05, 0.1) is 5.52 Å². The molecule has 0 bridgehead atoms. The molecule has 0 aliphatic heterocycles. The standard InChI is InChI=1S/C10H5F3N2O5/c11-10(12,13)5-2-3(16)1-4-6(8(17)18)7(9(19)20)14-15(4)5/h1-2,14H,(H,17,18)(H,19,20). The first-order valence-corrected chi connectivity index (χ1v) is 4.95. The summed E-state index contributed by atoms with van der Waals surface area (Å²) in [6.07, 6.45) is -4.96. The maximum Gasteiger partial charge on any atom is 0.433 e. The largest absolute Gasteiger partial charge is 0.478 e. The van der Waals surface area contributed by atoms with Crippen LogP contribution in [0.25, 0.3) is 5.52 Å². The zero-order valence-electron chi connectivity index (χ0n) is 9.35. The third-order valence-corrected chi connectivity index (χ3v) is 2.49. The second-order valence-corrected chi connectivity index (χ2v) is 3.77. The Hall–Kier alpha value is -2.78. The van der Waals surface area contributed by atoms with Crippen LogP contribution in [0, 0.1) is 0 Å². The normalized spacial score (nSPS) is 11.8. The molecule has 0 aliphatic carbocycles. The van der Waals surface area contributed by atoms with Crippen molar-refractivity contribution in [3.05, 3.63) is 39.3 Å². The van der Waals surface area contributed by atoms with Crippen molar-refractivity contribution in [3.63, 3.8) is 0 Å². The highest BCUT2D eigenvalue weighted by atomic mass is 19.4. The first kappa shape index (κ1) is 13.6. The Kier molecular flexibility index (Phi) is 2.81. The van der Waals surface area contributed by atoms with Crippen molar-refractivity contribution < 1.29 is 33.0 Å². The zero-order valence-corrected chi connectivity index (χ0v) is 9.35. The molecule has 0 aliphatic rings. The van der Waals surface area contributed by atoms with Crippen LogP contribution in [0.1, 0.15) is 26.5 Å². The molecule has 2 aromatic rings. The lowest BCUT2D eigenvalue weighted by Gasteiger charge is -2.08. The summed E-state index contributed by atoms with van der Waals surface area (Å²) in [7, 11) is 0. The Morgan fingerprint density at radius 3 is 2.20 bits per heavy atom. The summed E-state index contributed by atoms with van der Waals surface area (Å²) in [4.78, 5) is 33.1. The first-order chi connectivity index (χ1) is 9.12. The number of nitrogens with one attached hydrogen (secondary N) is 1. The molecular weight excluding hydrogens is 285 g/mol. The fourth-order valence-electron chi connectivity index (χ4n) is 1.75. The van der Waals surface area contributed by atoms with Gasteiger partial charge in [0.25, 0.3) is 0 Å². The quantitative estimate of drug-likeness (QED) is 0.765. The van der Waals surface area contributed by atoms with E-state index in [1.807, 2.05) is 5.10 Å². The number of carbonyl (C=O) groups is 2. The van der Waals surface area contributed by atoms with Crippen LogP contribution in [0.5, 0.6) is 0 Å². The Morgan fingerprint density at radius 1 is 1.15 bits per heavy atom. The van der Waals surface area contributed by atoms with E-state index in [-0.39, 0.29) is 10.6 Å². The second kappa shape index (κ2) is 4.11. The van der Waals surface area contributed by atoms with Gasteiger partial charge in [-0.05, 0) is 0 Å². The molecule has 2 aromatic heterocycles. The van der Waals surface area contributed by atoms with Crippen LogP contribution in [0.15, 0.2) is 16.9 Å². The number of alkyl halides is 3. The molecule has 0 aromatic carbocycles. The molecule has 0 saturated heterocycles. The highest BCUT2D eigenvalue weighted by molar-refractivity contribution is 6.05. The van der Waals surface area contributed by atoms with E-state index in [9.17, 15) is 27.6 Å². The van der Waals surface area contributed by atoms with E-state index in [1.54, 1.807) is 0 Å². The monoisotopic (exact) mass is 290 g/mol. The third-order valence-electron chi connectivity index (χ3n) is 2.49. The van der Waals surface area contributed by atoms with E-state index in [4.69, 9.17) is 10.2 Å². The lowest BCUT2D eigenvalue weighted by atomic mass is 10.2. The average molecular weight is 290 g/mol. The lowest BCUT2D eigenvalue weighted by Crippen LogP contribution is -2.17. The Bertz CT molecular complexity index is 787. The summed E-state index contributed by atoms with van der Waals surface area (Å²) in [6, 6.07) is 0.850. The van der Waals surface area contributed by atoms with Gasteiger partial charge in [-0.3, -0.25) is 9.89 Å². The summed E-state index contributed by atoms with van der Waals surface area (Å²) >= 11 is 0. The summed E-state index contributed by atoms with van der Waals surface area (Å²) in [5.74, 6) is -3.52. The molecule has 0 amide bonds. The first-order valence-electron chi connectivity index (χ1n) is 4.95. The van der Waals surface area contributed by atoms with Crippen molar-refractivity contribution in [1.29, 1.82) is 0 Å². The molecule has 10 heteroatoms. The van der Waals surface area contributed by atoms with Gasteiger partial charge >= 0.3 is 18.1 Å². The smallest absolute Gasteiger partial charge is 0.433 e. The molecule has 0 radical (unpaired) electrons. The minimum atomic E-state index is -4.96. The Labute approximate surface area is 106 Å². The van der Waals surface area contributed by atoms with Gasteiger partial charge in [0, 0.05) is 12.1 Å². The van der Waals surface area contributed by atoms with Crippen LogP contribution in [0.3, 0.4) is 0 Å². The van der Waals surface area contributed by atoms with Crippen LogP contribution in [-0.2, 0) is 6.18 Å². The van der Waals surface area contributed by atoms with Crippen molar-refractivity contribution in [1.82, 2.24) is 9.61 Å². The van der Waals surface area contributed by atoms with Gasteiger partial charge < -0.3 is 10.2 Å². The lowest BCUT2D eigenvalue weighted by molar-refractivity contribution is -0.142. The Morgan fingerprint density at radius 2 is 1.75 bits per heavy atom. The minimum Gasteiger partial charge on any atom is -0.478 e. The summed E-state index contributed by atoms with van der Waals surface area (Å²) in [6.45, 7) is 0. The molecule has 0 saturated carbocycles. The number of halogens is 3. The number of aromatic carboxylic acids is 2. The average Bonchev–Trinajstić information content (AvgIpc) is 2.65. The van der Waals surface area contributed by atoms with Gasteiger partial charge in [0.2, 0.25) is 0 Å². The van der Waals surface area contributed by atoms with Crippen LogP contribution >= 0.6 is 0 Å². The van der Waals surface area contributed by atoms with Crippen molar-refractivity contribution in [3.8, 4) is 0 Å². The van der Waals surface area contributed by atoms with Crippen molar-refractivity contribution >= 4 is 17.5 Å². The molecule has 0 atom stereocenters. The van der Waals surface area contributed by atoms with Crippen LogP contribution in [0.2, 0.25) is 0 Å². The molecule has 106 valence electrons. The molecule has 3 N–H and O–H groups in total. The van der Waals surface area contributed by atoms with Gasteiger partial charge in [-0.25, -0.2) is 14.1 Å². The van der Waals surface area contributed by atoms with E-state index in [2.05, 4.69) is 0 Å². The molecule has 2 heterocycles.